The van der Waals surface area contributed by atoms with Crippen molar-refractivity contribution >= 4 is 23.8 Å². The number of amides is 2. The maximum Gasteiger partial charge on any atom is 0.410 e. The Kier molecular flexibility index (Phi) is 13.0. The number of hydrogen-bond acceptors (Lipinski definition) is 5. The molecule has 4 aromatic rings. The van der Waals surface area contributed by atoms with Crippen LogP contribution in [0.15, 0.2) is 121 Å². The van der Waals surface area contributed by atoms with Crippen LogP contribution in [-0.4, -0.2) is 64.4 Å². The fourth-order valence-corrected chi connectivity index (χ4v) is 8.92. The van der Waals surface area contributed by atoms with E-state index in [4.69, 9.17) is 4.74 Å². The van der Waals surface area contributed by atoms with Gasteiger partial charge in [0.2, 0.25) is 5.91 Å². The quantitative estimate of drug-likeness (QED) is 0.133. The van der Waals surface area contributed by atoms with Gasteiger partial charge in [-0.05, 0) is 62.3 Å². The molecule has 0 saturated carbocycles. The van der Waals surface area contributed by atoms with Crippen molar-refractivity contribution in [3.8, 4) is 0 Å². The molecule has 270 valence electrons. The minimum absolute atomic E-state index is 0.0907. The molecule has 1 N–H and O–H groups in total. The minimum atomic E-state index is -0.629. The van der Waals surface area contributed by atoms with Crippen LogP contribution in [0.2, 0.25) is 0 Å². The van der Waals surface area contributed by atoms with Gasteiger partial charge >= 0.3 is 6.09 Å². The second kappa shape index (κ2) is 17.4. The van der Waals surface area contributed by atoms with Crippen molar-refractivity contribution in [1.82, 2.24) is 15.1 Å². The molecule has 1 heterocycles. The highest BCUT2D eigenvalue weighted by atomic mass is 32.2. The molecular weight excluding hydrogens is 651 g/mol. The van der Waals surface area contributed by atoms with E-state index in [1.807, 2.05) is 67.5 Å². The van der Waals surface area contributed by atoms with Gasteiger partial charge in [-0.3, -0.25) is 4.79 Å². The smallest absolute Gasteiger partial charge is 0.410 e. The molecule has 4 atom stereocenters. The van der Waals surface area contributed by atoms with Gasteiger partial charge in [-0.15, -0.1) is 11.8 Å². The molecule has 4 aromatic carbocycles. The molecule has 1 aliphatic rings. The molecule has 0 unspecified atom stereocenters. The van der Waals surface area contributed by atoms with E-state index in [0.717, 1.165) is 18.4 Å². The number of benzene rings is 4. The summed E-state index contributed by atoms with van der Waals surface area (Å²) in [4.78, 5) is 31.9. The van der Waals surface area contributed by atoms with Crippen LogP contribution in [-0.2, 0) is 20.8 Å². The molecule has 0 spiro atoms. The first-order valence-electron chi connectivity index (χ1n) is 18.5. The van der Waals surface area contributed by atoms with Gasteiger partial charge in [0.15, 0.2) is 0 Å². The zero-order valence-electron chi connectivity index (χ0n) is 31.1. The van der Waals surface area contributed by atoms with Crippen LogP contribution in [0.25, 0.3) is 0 Å². The lowest BCUT2D eigenvalue weighted by Gasteiger charge is -2.37. The zero-order valence-corrected chi connectivity index (χ0v) is 31.9. The molecule has 2 amide bonds. The van der Waals surface area contributed by atoms with Crippen molar-refractivity contribution in [3.05, 3.63) is 144 Å². The molecular formula is C44H55N3O3S. The third-order valence-electron chi connectivity index (χ3n) is 9.85. The average molecular weight is 706 g/mol. The minimum Gasteiger partial charge on any atom is -0.444 e. The number of ether oxygens (including phenoxy) is 1. The highest BCUT2D eigenvalue weighted by Crippen LogP contribution is 2.52. The van der Waals surface area contributed by atoms with Crippen LogP contribution in [0.1, 0.15) is 76.6 Å². The number of likely N-dealkylation sites (N-methyl/N-ethyl adjacent to an activating group) is 1. The molecule has 5 rings (SSSR count). The molecule has 51 heavy (non-hydrogen) atoms. The summed E-state index contributed by atoms with van der Waals surface area (Å²) in [6.45, 7) is 14.3. The lowest BCUT2D eigenvalue weighted by molar-refractivity contribution is -0.135. The molecule has 7 heteroatoms. The van der Waals surface area contributed by atoms with Crippen LogP contribution in [0.4, 0.5) is 4.79 Å². The van der Waals surface area contributed by atoms with Gasteiger partial charge in [-0.1, -0.05) is 142 Å². The summed E-state index contributed by atoms with van der Waals surface area (Å²) in [5.41, 5.74) is 4.06. The van der Waals surface area contributed by atoms with E-state index in [-0.39, 0.29) is 35.3 Å². The van der Waals surface area contributed by atoms with E-state index >= 15 is 0 Å². The predicted molar refractivity (Wildman–Crippen MR) is 211 cm³/mol. The Morgan fingerprint density at radius 1 is 0.824 bits per heavy atom. The maximum atomic E-state index is 14.2. The Hall–Kier alpha value is -4.07. The molecule has 0 radical (unpaired) electrons. The largest absolute Gasteiger partial charge is 0.444 e. The van der Waals surface area contributed by atoms with Gasteiger partial charge in [0, 0.05) is 37.5 Å². The lowest BCUT2D eigenvalue weighted by Crippen LogP contribution is -2.53. The summed E-state index contributed by atoms with van der Waals surface area (Å²) >= 11 is 1.91. The van der Waals surface area contributed by atoms with E-state index < -0.39 is 10.3 Å². The number of likely N-dealkylation sites (tertiary alicyclic amines) is 1. The predicted octanol–water partition coefficient (Wildman–Crippen LogP) is 9.14. The Bertz CT molecular complexity index is 1570. The third kappa shape index (κ3) is 9.43. The summed E-state index contributed by atoms with van der Waals surface area (Å²) in [5.74, 6) is 0.213. The van der Waals surface area contributed by atoms with E-state index in [9.17, 15) is 9.59 Å². The number of nitrogens with one attached hydrogen (secondary N) is 1. The fraction of sp³-hybridized carbons (Fsp3) is 0.409. The topological polar surface area (TPSA) is 61.9 Å². The Morgan fingerprint density at radius 3 is 1.76 bits per heavy atom. The highest BCUT2D eigenvalue weighted by Gasteiger charge is 2.45. The Balaban J connectivity index is 1.46. The summed E-state index contributed by atoms with van der Waals surface area (Å²) in [7, 11) is 0. The van der Waals surface area contributed by atoms with Crippen molar-refractivity contribution in [2.24, 2.45) is 5.92 Å². The van der Waals surface area contributed by atoms with Gasteiger partial charge in [0.1, 0.15) is 5.60 Å². The number of hydrogen-bond donors (Lipinski definition) is 1. The van der Waals surface area contributed by atoms with Gasteiger partial charge in [0.05, 0.1) is 10.8 Å². The third-order valence-corrected chi connectivity index (χ3v) is 11.6. The van der Waals surface area contributed by atoms with Crippen LogP contribution in [0.3, 0.4) is 0 Å². The van der Waals surface area contributed by atoms with E-state index in [2.05, 4.69) is 122 Å². The lowest BCUT2D eigenvalue weighted by atomic mass is 9.84. The molecule has 6 nitrogen and oxygen atoms in total. The second-order valence-corrected chi connectivity index (χ2v) is 16.2. The molecule has 0 aliphatic carbocycles. The fourth-order valence-electron chi connectivity index (χ4n) is 7.05. The number of rotatable bonds is 14. The van der Waals surface area contributed by atoms with Gasteiger partial charge in [-0.25, -0.2) is 4.79 Å². The molecule has 1 aliphatic heterocycles. The first-order chi connectivity index (χ1) is 24.6. The van der Waals surface area contributed by atoms with Gasteiger partial charge < -0.3 is 19.9 Å². The summed E-state index contributed by atoms with van der Waals surface area (Å²) < 4.78 is 5.49. The first-order valence-corrected chi connectivity index (χ1v) is 19.3. The molecule has 1 saturated heterocycles. The summed E-state index contributed by atoms with van der Waals surface area (Å²) in [6.07, 6.45) is 1.31. The number of carbonyl (C=O) groups is 2. The average Bonchev–Trinajstić information content (AvgIpc) is 3.56. The maximum absolute atomic E-state index is 14.2. The molecule has 0 aromatic heterocycles. The van der Waals surface area contributed by atoms with Crippen molar-refractivity contribution < 1.29 is 14.3 Å². The summed E-state index contributed by atoms with van der Waals surface area (Å²) in [6, 6.07) is 41.7. The number of thioether (sulfide) groups is 1. The van der Waals surface area contributed by atoms with Crippen LogP contribution < -0.4 is 5.32 Å². The van der Waals surface area contributed by atoms with Crippen molar-refractivity contribution in [2.45, 2.75) is 88.6 Å². The van der Waals surface area contributed by atoms with E-state index in [0.29, 0.717) is 26.2 Å². The van der Waals surface area contributed by atoms with Crippen molar-refractivity contribution in [3.63, 3.8) is 0 Å². The Labute approximate surface area is 310 Å². The normalized spacial score (nSPS) is 17.5. The van der Waals surface area contributed by atoms with Crippen LogP contribution in [0.5, 0.6) is 0 Å². The monoisotopic (exact) mass is 705 g/mol. The van der Waals surface area contributed by atoms with Crippen molar-refractivity contribution in [1.29, 1.82) is 0 Å². The number of carbonyl (C=O) groups excluding carboxylic acids is 2. The standard InChI is InChI=1S/C44H55N3O3S/c1-7-33(3)40(41(48)46(8-2)31-34-21-13-9-14-22-34)45-30-38-29-39(32-47(38)42(49)50-43(4,5)6)51-44(35-23-15-10-16-24-35,36-25-17-11-18-26-36)37-27-19-12-20-28-37/h9-28,33,38-40,45H,7-8,29-32H2,1-6H3/t33-,38+,39+,40-/m0/s1. The molecule has 0 bridgehead atoms. The van der Waals surface area contributed by atoms with Crippen LogP contribution in [0, 0.1) is 5.92 Å². The zero-order chi connectivity index (χ0) is 36.4. The SMILES string of the molecule is CC[C@H](C)[C@H](NC[C@H]1C[C@@H](SC(c2ccccc2)(c2ccccc2)c2ccccc2)CN1C(=O)OC(C)(C)C)C(=O)N(CC)Cc1ccccc1. The molecule has 1 fully saturated rings. The van der Waals surface area contributed by atoms with Crippen molar-refractivity contribution in [2.75, 3.05) is 19.6 Å². The van der Waals surface area contributed by atoms with Gasteiger partial charge in [0.25, 0.3) is 0 Å². The summed E-state index contributed by atoms with van der Waals surface area (Å²) in [5, 5.41) is 3.78. The Morgan fingerprint density at radius 2 is 1.31 bits per heavy atom. The highest BCUT2D eigenvalue weighted by molar-refractivity contribution is 8.01. The van der Waals surface area contributed by atoms with E-state index in [1.165, 1.54) is 16.7 Å². The number of nitrogens with zero attached hydrogens (tertiary/aromatic N) is 2. The first kappa shape index (κ1) is 38.2. The van der Waals surface area contributed by atoms with Crippen LogP contribution >= 0.6 is 11.8 Å². The second-order valence-electron chi connectivity index (χ2n) is 14.7. The van der Waals surface area contributed by atoms with E-state index in [1.54, 1.807) is 0 Å². The van der Waals surface area contributed by atoms with Gasteiger partial charge in [-0.2, -0.15) is 0 Å².